The average Bonchev–Trinajstić information content (AvgIpc) is 3.29. The van der Waals surface area contributed by atoms with E-state index in [-0.39, 0.29) is 44.0 Å². The van der Waals surface area contributed by atoms with Crippen LogP contribution in [0.5, 0.6) is 0 Å². The molecular weight excluding hydrogens is 943 g/mol. The minimum atomic E-state index is -1.50. The summed E-state index contributed by atoms with van der Waals surface area (Å²) in [5.74, 6) is -4.62. The summed E-state index contributed by atoms with van der Waals surface area (Å²) in [5.41, 5.74) is -1.50. The van der Waals surface area contributed by atoms with Crippen molar-refractivity contribution in [1.82, 2.24) is 4.90 Å². The molecule has 3 fully saturated rings. The zero-order valence-electron chi connectivity index (χ0n) is 44.8. The van der Waals surface area contributed by atoms with E-state index in [4.69, 9.17) is 52.1 Å². The number of cyclic esters (lactones) is 1. The van der Waals surface area contributed by atoms with Crippen LogP contribution in [0.2, 0.25) is 0 Å². The molecule has 0 bridgehead atoms. The van der Waals surface area contributed by atoms with Gasteiger partial charge in [-0.1, -0.05) is 52.8 Å². The Hall–Kier alpha value is -3.25. The highest BCUT2D eigenvalue weighted by molar-refractivity contribution is 5.91. The van der Waals surface area contributed by atoms with Gasteiger partial charge in [-0.15, -0.1) is 0 Å². The van der Waals surface area contributed by atoms with Crippen LogP contribution < -0.4 is 0 Å². The number of nitrogens with zero attached hydrogens (tertiary/aromatic N) is 1. The number of rotatable bonds is 17. The number of carbonyl (C=O) groups is 5. The lowest BCUT2D eigenvalue weighted by Gasteiger charge is -2.50. The van der Waals surface area contributed by atoms with Gasteiger partial charge in [0, 0.05) is 58.2 Å². The Balaban J connectivity index is 1.57. The molecule has 0 radical (unpaired) electrons. The highest BCUT2D eigenvalue weighted by Crippen LogP contribution is 2.38. The summed E-state index contributed by atoms with van der Waals surface area (Å²) in [4.78, 5) is 66.2. The number of hydrogen-bond donors (Lipinski definition) is 3. The Bertz CT molecular complexity index is 1810. The average molecular weight is 1030 g/mol. The third-order valence-electron chi connectivity index (χ3n) is 14.2. The first-order valence-corrected chi connectivity index (χ1v) is 25.4. The maximum Gasteiger partial charge on any atom is 0.308 e. The third kappa shape index (κ3) is 16.4. The van der Waals surface area contributed by atoms with E-state index in [1.807, 2.05) is 20.8 Å². The van der Waals surface area contributed by atoms with Crippen LogP contribution in [0, 0.1) is 29.6 Å². The number of esters is 3. The van der Waals surface area contributed by atoms with Gasteiger partial charge in [0.05, 0.1) is 49.6 Å². The number of aliphatic hydroxyl groups is 3. The predicted octanol–water partition coefficient (Wildman–Crippen LogP) is 3.61. The lowest BCUT2D eigenvalue weighted by Crippen LogP contribution is -2.65. The molecule has 3 N–H and O–H groups in total. The third-order valence-corrected chi connectivity index (χ3v) is 14.2. The van der Waals surface area contributed by atoms with Crippen molar-refractivity contribution in [3.8, 4) is 0 Å². The van der Waals surface area contributed by atoms with Crippen molar-refractivity contribution in [2.24, 2.45) is 29.6 Å². The molecule has 4 heterocycles. The molecule has 412 valence electrons. The molecule has 0 saturated carbocycles. The topological polar surface area (TPSA) is 251 Å². The summed E-state index contributed by atoms with van der Waals surface area (Å²) in [6.45, 7) is 16.9. The summed E-state index contributed by atoms with van der Waals surface area (Å²) < 4.78 is 67.0. The monoisotopic (exact) mass is 1030 g/mol. The zero-order valence-corrected chi connectivity index (χ0v) is 44.8. The summed E-state index contributed by atoms with van der Waals surface area (Å²) in [7, 11) is 6.44. The van der Waals surface area contributed by atoms with Gasteiger partial charge in [0.1, 0.15) is 42.4 Å². The number of hydrogen-bond acceptors (Lipinski definition) is 20. The fraction of sp³-hybridized carbons (Fsp3) is 0.827. The number of aliphatic hydroxyl groups excluding tert-OH is 2. The van der Waals surface area contributed by atoms with Crippen molar-refractivity contribution in [1.29, 1.82) is 0 Å². The lowest BCUT2D eigenvalue weighted by molar-refractivity contribution is -0.342. The molecule has 21 atom stereocenters. The number of carbonyl (C=O) groups excluding carboxylic acids is 5. The molecule has 4 aliphatic heterocycles. The molecule has 0 aliphatic carbocycles. The predicted molar refractivity (Wildman–Crippen MR) is 259 cm³/mol. The van der Waals surface area contributed by atoms with Crippen LogP contribution in [0.1, 0.15) is 108 Å². The van der Waals surface area contributed by atoms with Crippen LogP contribution in [0.3, 0.4) is 0 Å². The second kappa shape index (κ2) is 28.0. The lowest BCUT2D eigenvalue weighted by atomic mass is 9.79. The quantitative estimate of drug-likeness (QED) is 0.107. The molecule has 0 unspecified atom stereocenters. The standard InChI is InChI=1S/C52H85NO19/c1-15-38-35(26-64-51-48(63-14)47(62-13)46(31(7)67-51)70-39(58)22-27(2)3)18-16-17-19-36(56)28(4)23-34(20-21-54)44(29(5)37(57)24-40(59)69-38)72-50-43(60)42(53(11)12)45(30(6)66-50)71-41-25-52(10,61)49(32(8)65-41)68-33(9)55/h16-19,21,27-32,34-35,37-38,41-51,57,60-61H,15,20,22-26H2,1-14H3/b18-16-,19-17-/t28-,29+,30-,31-,32+,34+,35-,37-,38-,41+,42-,43-,44-,45-,46-,47-,48-,49+,50-,51-,52-/m1/s1. The van der Waals surface area contributed by atoms with Gasteiger partial charge in [-0.2, -0.15) is 0 Å². The number of ether oxygens (including phenoxy) is 11. The molecule has 0 aromatic carbocycles. The molecule has 0 aromatic rings. The smallest absolute Gasteiger partial charge is 0.308 e. The van der Waals surface area contributed by atoms with E-state index in [9.17, 15) is 39.3 Å². The zero-order chi connectivity index (χ0) is 53.8. The maximum atomic E-state index is 13.9. The van der Waals surface area contributed by atoms with Crippen molar-refractivity contribution >= 4 is 30.0 Å². The molecule has 72 heavy (non-hydrogen) atoms. The Labute approximate surface area is 425 Å². The van der Waals surface area contributed by atoms with Crippen LogP contribution in [0.4, 0.5) is 0 Å². The molecule has 20 heteroatoms. The van der Waals surface area contributed by atoms with Crippen LogP contribution in [-0.2, 0) is 76.1 Å². The molecule has 3 saturated heterocycles. The van der Waals surface area contributed by atoms with Crippen molar-refractivity contribution < 1.29 is 91.4 Å². The normalized spacial score (nSPS) is 41.6. The number of ketones is 1. The fourth-order valence-corrected chi connectivity index (χ4v) is 10.4. The summed E-state index contributed by atoms with van der Waals surface area (Å²) >= 11 is 0. The van der Waals surface area contributed by atoms with Crippen LogP contribution in [-0.4, -0.2) is 189 Å². The largest absolute Gasteiger partial charge is 0.462 e. The van der Waals surface area contributed by atoms with Crippen molar-refractivity contribution in [3.05, 3.63) is 24.3 Å². The van der Waals surface area contributed by atoms with Gasteiger partial charge in [0.25, 0.3) is 0 Å². The molecule has 20 nitrogen and oxygen atoms in total. The summed E-state index contributed by atoms with van der Waals surface area (Å²) in [5, 5.41) is 35.3. The summed E-state index contributed by atoms with van der Waals surface area (Å²) in [6.07, 6.45) is -6.95. The van der Waals surface area contributed by atoms with Crippen molar-refractivity contribution in [2.45, 2.75) is 212 Å². The van der Waals surface area contributed by atoms with Crippen molar-refractivity contribution in [2.75, 3.05) is 34.9 Å². The van der Waals surface area contributed by atoms with Crippen LogP contribution in [0.15, 0.2) is 24.3 Å². The first-order valence-electron chi connectivity index (χ1n) is 25.4. The van der Waals surface area contributed by atoms with E-state index in [2.05, 4.69) is 0 Å². The number of allylic oxidation sites excluding steroid dienone is 3. The number of aldehydes is 1. The molecular formula is C52H85NO19. The van der Waals surface area contributed by atoms with E-state index >= 15 is 0 Å². The Morgan fingerprint density at radius 2 is 1.54 bits per heavy atom. The second-order valence-electron chi connectivity index (χ2n) is 20.9. The fourth-order valence-electron chi connectivity index (χ4n) is 10.4. The minimum Gasteiger partial charge on any atom is -0.462 e. The summed E-state index contributed by atoms with van der Waals surface area (Å²) in [6, 6.07) is -0.785. The van der Waals surface area contributed by atoms with Gasteiger partial charge in [0.15, 0.2) is 36.9 Å². The highest BCUT2D eigenvalue weighted by atomic mass is 16.7. The first-order chi connectivity index (χ1) is 33.9. The Morgan fingerprint density at radius 3 is 2.12 bits per heavy atom. The van der Waals surface area contributed by atoms with E-state index in [1.165, 1.54) is 34.1 Å². The van der Waals surface area contributed by atoms with E-state index in [0.717, 1.165) is 0 Å². The van der Waals surface area contributed by atoms with E-state index in [1.54, 1.807) is 71.8 Å². The van der Waals surface area contributed by atoms with Gasteiger partial charge >= 0.3 is 17.9 Å². The SMILES string of the molecule is CC[C@H]1OC(=O)C[C@@H](O)[C@H](C)[C@@H](O[C@H]2O[C@H](C)[C@@H](O[C@H]3C[C@@](C)(O)[C@@H](OC(C)=O)[C@H](C)O3)[C@H](N(C)C)[C@H]2O)[C@@H](CC=O)C[C@@H](C)C(=O)/C=C\C=C/[C@@H]1CO[C@@H]1O[C@H](C)[C@@H](OC(=O)CC(C)C)[C@@H](OC)[C@H]1OC. The second-order valence-corrected chi connectivity index (χ2v) is 20.9. The maximum absolute atomic E-state index is 13.9. The van der Waals surface area contributed by atoms with E-state index in [0.29, 0.717) is 12.7 Å². The minimum absolute atomic E-state index is 0.0413. The number of likely N-dealkylation sites (N-methyl/N-ethyl adjacent to an activating group) is 1. The molecule has 4 rings (SSSR count). The van der Waals surface area contributed by atoms with Gasteiger partial charge in [-0.3, -0.25) is 19.2 Å². The van der Waals surface area contributed by atoms with Crippen molar-refractivity contribution in [3.63, 3.8) is 0 Å². The molecule has 0 aromatic heterocycles. The molecule has 4 aliphatic rings. The Kier molecular flexibility index (Phi) is 23.9. The van der Waals surface area contributed by atoms with Gasteiger partial charge < -0.3 is 77.1 Å². The van der Waals surface area contributed by atoms with Crippen LogP contribution in [0.25, 0.3) is 0 Å². The van der Waals surface area contributed by atoms with Crippen LogP contribution >= 0.6 is 0 Å². The van der Waals surface area contributed by atoms with Gasteiger partial charge in [0.2, 0.25) is 0 Å². The molecule has 0 amide bonds. The van der Waals surface area contributed by atoms with Gasteiger partial charge in [-0.05, 0) is 72.5 Å². The molecule has 0 spiro atoms. The van der Waals surface area contributed by atoms with E-state index < -0.39 is 152 Å². The first kappa shape index (κ1) is 61.3. The highest BCUT2D eigenvalue weighted by Gasteiger charge is 2.53. The number of methoxy groups -OCH3 is 2. The van der Waals surface area contributed by atoms with Gasteiger partial charge in [-0.25, -0.2) is 0 Å². The Morgan fingerprint density at radius 1 is 0.889 bits per heavy atom.